The molecule has 2 nitrogen and oxygen atoms in total. The van der Waals surface area contributed by atoms with E-state index in [9.17, 15) is 0 Å². The third kappa shape index (κ3) is 1.20. The number of hydrogen-bond donors (Lipinski definition) is 2. The minimum atomic E-state index is -0.181. The smallest absolute Gasteiger partial charge is 0.0611 e. The third-order valence-electron chi connectivity index (χ3n) is 1.66. The van der Waals surface area contributed by atoms with Gasteiger partial charge in [-0.1, -0.05) is 7.43 Å². The highest BCUT2D eigenvalue weighted by molar-refractivity contribution is 4.91. The molecule has 1 fully saturated rings. The van der Waals surface area contributed by atoms with E-state index in [1.165, 1.54) is 6.42 Å². The van der Waals surface area contributed by atoms with E-state index in [4.69, 9.17) is 10.8 Å². The van der Waals surface area contributed by atoms with Crippen LogP contribution >= 0.6 is 0 Å². The van der Waals surface area contributed by atoms with Gasteiger partial charge in [-0.25, -0.2) is 0 Å². The van der Waals surface area contributed by atoms with Crippen molar-refractivity contribution in [1.29, 1.82) is 0 Å². The molecule has 1 saturated carbocycles. The summed E-state index contributed by atoms with van der Waals surface area (Å²) in [5.74, 6) is 0. The molecular weight excluding hydrogens is 102 g/mol. The first-order valence-corrected chi connectivity index (χ1v) is 2.67. The lowest BCUT2D eigenvalue weighted by atomic mass is 9.79. The Morgan fingerprint density at radius 3 is 2.00 bits per heavy atom. The summed E-state index contributed by atoms with van der Waals surface area (Å²) in [6.07, 6.45) is 3.20. The van der Waals surface area contributed by atoms with Crippen LogP contribution in [0.1, 0.15) is 26.7 Å². The maximum Gasteiger partial charge on any atom is 0.0611 e. The van der Waals surface area contributed by atoms with Crippen LogP contribution in [0, 0.1) is 0 Å². The largest absolute Gasteiger partial charge is 0.394 e. The van der Waals surface area contributed by atoms with E-state index in [2.05, 4.69) is 0 Å². The molecule has 0 aromatic rings. The van der Waals surface area contributed by atoms with Gasteiger partial charge in [0, 0.05) is 5.54 Å². The molecule has 0 heterocycles. The Morgan fingerprint density at radius 2 is 2.00 bits per heavy atom. The van der Waals surface area contributed by atoms with Crippen molar-refractivity contribution in [2.45, 2.75) is 32.2 Å². The van der Waals surface area contributed by atoms with Gasteiger partial charge < -0.3 is 10.8 Å². The van der Waals surface area contributed by atoms with Crippen molar-refractivity contribution >= 4 is 0 Å². The molecule has 0 aromatic carbocycles. The Bertz CT molecular complexity index is 63.4. The van der Waals surface area contributed by atoms with Gasteiger partial charge >= 0.3 is 0 Å². The molecule has 1 aliphatic carbocycles. The lowest BCUT2D eigenvalue weighted by molar-refractivity contribution is 0.126. The van der Waals surface area contributed by atoms with Gasteiger partial charge in [-0.15, -0.1) is 0 Å². The highest BCUT2D eigenvalue weighted by atomic mass is 16.3. The molecule has 3 N–H and O–H groups in total. The van der Waals surface area contributed by atoms with E-state index >= 15 is 0 Å². The molecular formula is C6H15NO. The van der Waals surface area contributed by atoms with Crippen LogP contribution in [0.3, 0.4) is 0 Å². The van der Waals surface area contributed by atoms with Gasteiger partial charge in [0.1, 0.15) is 0 Å². The quantitative estimate of drug-likeness (QED) is 0.525. The van der Waals surface area contributed by atoms with E-state index < -0.39 is 0 Å². The maximum absolute atomic E-state index is 8.52. The summed E-state index contributed by atoms with van der Waals surface area (Å²) < 4.78 is 0. The molecule has 1 rings (SSSR count). The average molecular weight is 117 g/mol. The molecule has 0 radical (unpaired) electrons. The van der Waals surface area contributed by atoms with Gasteiger partial charge in [0.25, 0.3) is 0 Å². The number of aliphatic hydroxyl groups excluding tert-OH is 1. The second kappa shape index (κ2) is 2.46. The molecule has 0 aromatic heterocycles. The first-order valence-electron chi connectivity index (χ1n) is 2.67. The SMILES string of the molecule is C.NC1(CO)CCC1. The summed E-state index contributed by atoms with van der Waals surface area (Å²) in [6.45, 7) is 0.160. The Morgan fingerprint density at radius 1 is 1.50 bits per heavy atom. The van der Waals surface area contributed by atoms with Crippen molar-refractivity contribution in [2.24, 2.45) is 5.73 Å². The van der Waals surface area contributed by atoms with Gasteiger partial charge in [0.2, 0.25) is 0 Å². The van der Waals surface area contributed by atoms with Crippen molar-refractivity contribution in [3.63, 3.8) is 0 Å². The molecule has 0 bridgehead atoms. The van der Waals surface area contributed by atoms with E-state index in [1.807, 2.05) is 0 Å². The van der Waals surface area contributed by atoms with E-state index in [0.717, 1.165) is 12.8 Å². The van der Waals surface area contributed by atoms with Crippen LogP contribution in [-0.4, -0.2) is 17.3 Å². The Kier molecular flexibility index (Phi) is 2.44. The van der Waals surface area contributed by atoms with Crippen molar-refractivity contribution in [3.8, 4) is 0 Å². The van der Waals surface area contributed by atoms with E-state index in [-0.39, 0.29) is 19.6 Å². The van der Waals surface area contributed by atoms with Crippen LogP contribution in [0.2, 0.25) is 0 Å². The van der Waals surface area contributed by atoms with Crippen LogP contribution in [0.15, 0.2) is 0 Å². The summed E-state index contributed by atoms with van der Waals surface area (Å²) in [7, 11) is 0. The fraction of sp³-hybridized carbons (Fsp3) is 1.00. The van der Waals surface area contributed by atoms with E-state index in [1.54, 1.807) is 0 Å². The van der Waals surface area contributed by atoms with Crippen molar-refractivity contribution < 1.29 is 5.11 Å². The molecule has 0 amide bonds. The number of hydrogen-bond acceptors (Lipinski definition) is 2. The fourth-order valence-corrected chi connectivity index (χ4v) is 0.789. The zero-order valence-corrected chi connectivity index (χ0v) is 4.35. The molecule has 50 valence electrons. The van der Waals surface area contributed by atoms with Crippen LogP contribution in [0.25, 0.3) is 0 Å². The lowest BCUT2D eigenvalue weighted by Gasteiger charge is -2.35. The topological polar surface area (TPSA) is 46.2 Å². The summed E-state index contributed by atoms with van der Waals surface area (Å²) in [5, 5.41) is 8.52. The van der Waals surface area contributed by atoms with Crippen LogP contribution in [0.4, 0.5) is 0 Å². The molecule has 2 heteroatoms. The van der Waals surface area contributed by atoms with Crippen molar-refractivity contribution in [1.82, 2.24) is 0 Å². The first kappa shape index (κ1) is 7.92. The van der Waals surface area contributed by atoms with Gasteiger partial charge in [-0.05, 0) is 19.3 Å². The summed E-state index contributed by atoms with van der Waals surface area (Å²) in [4.78, 5) is 0. The van der Waals surface area contributed by atoms with Crippen LogP contribution in [-0.2, 0) is 0 Å². The number of aliphatic hydroxyl groups is 1. The lowest BCUT2D eigenvalue weighted by Crippen LogP contribution is -2.49. The Hall–Kier alpha value is -0.0800. The summed E-state index contributed by atoms with van der Waals surface area (Å²) >= 11 is 0. The molecule has 0 saturated heterocycles. The van der Waals surface area contributed by atoms with Gasteiger partial charge in [0.05, 0.1) is 6.61 Å². The average Bonchev–Trinajstić information content (AvgIpc) is 1.61. The van der Waals surface area contributed by atoms with Crippen molar-refractivity contribution in [3.05, 3.63) is 0 Å². The highest BCUT2D eigenvalue weighted by Gasteiger charge is 2.30. The minimum Gasteiger partial charge on any atom is -0.394 e. The molecule has 0 atom stereocenters. The molecule has 0 unspecified atom stereocenters. The zero-order valence-electron chi connectivity index (χ0n) is 4.35. The van der Waals surface area contributed by atoms with Gasteiger partial charge in [-0.2, -0.15) is 0 Å². The standard InChI is InChI=1S/C5H11NO.CH4/c6-5(4-7)2-1-3-5;/h7H,1-4,6H2;1H4. The fourth-order valence-electron chi connectivity index (χ4n) is 0.789. The maximum atomic E-state index is 8.52. The predicted octanol–water partition coefficient (Wildman–Crippen LogP) is 0.496. The molecule has 1 aliphatic rings. The third-order valence-corrected chi connectivity index (χ3v) is 1.66. The van der Waals surface area contributed by atoms with E-state index in [0.29, 0.717) is 0 Å². The van der Waals surface area contributed by atoms with Crippen LogP contribution < -0.4 is 5.73 Å². The minimum absolute atomic E-state index is 0. The second-order valence-electron chi connectivity index (χ2n) is 2.37. The number of nitrogens with two attached hydrogens (primary N) is 1. The Labute approximate surface area is 50.7 Å². The predicted molar refractivity (Wildman–Crippen MR) is 34.6 cm³/mol. The molecule has 8 heavy (non-hydrogen) atoms. The highest BCUT2D eigenvalue weighted by Crippen LogP contribution is 2.27. The normalized spacial score (nSPS) is 23.2. The van der Waals surface area contributed by atoms with Gasteiger partial charge in [-0.3, -0.25) is 0 Å². The monoisotopic (exact) mass is 117 g/mol. The van der Waals surface area contributed by atoms with Crippen molar-refractivity contribution in [2.75, 3.05) is 6.61 Å². The molecule has 0 spiro atoms. The number of rotatable bonds is 1. The summed E-state index contributed by atoms with van der Waals surface area (Å²) in [6, 6.07) is 0. The van der Waals surface area contributed by atoms with Gasteiger partial charge in [0.15, 0.2) is 0 Å². The molecule has 0 aliphatic heterocycles. The summed E-state index contributed by atoms with van der Waals surface area (Å²) in [5.41, 5.74) is 5.37. The van der Waals surface area contributed by atoms with Crippen LogP contribution in [0.5, 0.6) is 0 Å². The first-order chi connectivity index (χ1) is 3.27. The zero-order chi connectivity index (χ0) is 5.33. The Balaban J connectivity index is 0.000000490. The second-order valence-corrected chi connectivity index (χ2v) is 2.37.